The van der Waals surface area contributed by atoms with Crippen molar-refractivity contribution in [2.24, 2.45) is 0 Å². The molecule has 1 aromatic rings. The van der Waals surface area contributed by atoms with Gasteiger partial charge >= 0.3 is 0 Å². The minimum absolute atomic E-state index is 0.0687. The number of hydrogen-bond donors (Lipinski definition) is 1. The zero-order valence-corrected chi connectivity index (χ0v) is 15.0. The molecule has 3 rings (SSSR count). The van der Waals surface area contributed by atoms with E-state index in [1.807, 2.05) is 0 Å². The highest BCUT2D eigenvalue weighted by Gasteiger charge is 2.14. The molecule has 0 saturated carbocycles. The molecule has 1 unspecified atom stereocenters. The quantitative estimate of drug-likeness (QED) is 0.786. The standard InChI is InChI=1S/C20H30N2O3/c23-20(16-24-15-19-8-1-4-11-25-19)21-13-17-6-5-7-18(12-17)14-22-9-2-3-10-22/h5-7,12,19H,1-4,8-11,13-16H2,(H,21,23). The molecule has 2 aliphatic rings. The zero-order chi connectivity index (χ0) is 17.3. The van der Waals surface area contributed by atoms with Gasteiger partial charge in [-0.25, -0.2) is 0 Å². The molecule has 5 heteroatoms. The Morgan fingerprint density at radius 2 is 2.04 bits per heavy atom. The van der Waals surface area contributed by atoms with Gasteiger partial charge in [-0.05, 0) is 56.3 Å². The number of amides is 1. The highest BCUT2D eigenvalue weighted by Crippen LogP contribution is 2.14. The Balaban J connectivity index is 1.35. The van der Waals surface area contributed by atoms with Crippen LogP contribution in [-0.4, -0.2) is 49.8 Å². The monoisotopic (exact) mass is 346 g/mol. The van der Waals surface area contributed by atoms with Crippen LogP contribution in [0.4, 0.5) is 0 Å². The third kappa shape index (κ3) is 6.42. The largest absolute Gasteiger partial charge is 0.376 e. The molecule has 1 aromatic carbocycles. The Kier molecular flexibility index (Phi) is 7.27. The van der Waals surface area contributed by atoms with Crippen LogP contribution >= 0.6 is 0 Å². The summed E-state index contributed by atoms with van der Waals surface area (Å²) in [6, 6.07) is 8.49. The summed E-state index contributed by atoms with van der Waals surface area (Å²) in [4.78, 5) is 14.4. The van der Waals surface area contributed by atoms with Crippen molar-refractivity contribution in [3.05, 3.63) is 35.4 Å². The Morgan fingerprint density at radius 3 is 2.84 bits per heavy atom. The molecule has 1 atom stereocenters. The van der Waals surface area contributed by atoms with Gasteiger partial charge in [0.2, 0.25) is 5.91 Å². The van der Waals surface area contributed by atoms with Crippen LogP contribution in [0.25, 0.3) is 0 Å². The molecule has 2 saturated heterocycles. The fraction of sp³-hybridized carbons (Fsp3) is 0.650. The summed E-state index contributed by atoms with van der Waals surface area (Å²) in [6.07, 6.45) is 6.13. The lowest BCUT2D eigenvalue weighted by atomic mass is 10.1. The van der Waals surface area contributed by atoms with Crippen molar-refractivity contribution in [3.63, 3.8) is 0 Å². The number of hydrogen-bond acceptors (Lipinski definition) is 4. The third-order valence-corrected chi connectivity index (χ3v) is 4.90. The Bertz CT molecular complexity index is 537. The maximum atomic E-state index is 11.9. The lowest BCUT2D eigenvalue weighted by Crippen LogP contribution is -2.30. The molecule has 0 bridgehead atoms. The normalized spacial score (nSPS) is 21.4. The number of likely N-dealkylation sites (tertiary alicyclic amines) is 1. The van der Waals surface area contributed by atoms with Gasteiger partial charge in [-0.2, -0.15) is 0 Å². The van der Waals surface area contributed by atoms with E-state index in [4.69, 9.17) is 9.47 Å². The summed E-state index contributed by atoms with van der Waals surface area (Å²) in [5.74, 6) is -0.0687. The van der Waals surface area contributed by atoms with E-state index in [1.54, 1.807) is 0 Å². The molecular formula is C20H30N2O3. The van der Waals surface area contributed by atoms with Crippen LogP contribution in [0.2, 0.25) is 0 Å². The lowest BCUT2D eigenvalue weighted by Gasteiger charge is -2.22. The first-order chi connectivity index (χ1) is 12.3. The summed E-state index contributed by atoms with van der Waals surface area (Å²) in [5, 5.41) is 2.94. The minimum Gasteiger partial charge on any atom is -0.376 e. The number of nitrogens with one attached hydrogen (secondary N) is 1. The Hall–Kier alpha value is -1.43. The second kappa shape index (κ2) is 9.90. The van der Waals surface area contributed by atoms with Gasteiger partial charge in [0.1, 0.15) is 6.61 Å². The molecular weight excluding hydrogens is 316 g/mol. The van der Waals surface area contributed by atoms with Gasteiger partial charge in [0.25, 0.3) is 0 Å². The second-order valence-corrected chi connectivity index (χ2v) is 7.08. The summed E-state index contributed by atoms with van der Waals surface area (Å²) < 4.78 is 11.1. The van der Waals surface area contributed by atoms with Gasteiger partial charge in [-0.3, -0.25) is 9.69 Å². The summed E-state index contributed by atoms with van der Waals surface area (Å²) in [7, 11) is 0. The van der Waals surface area contributed by atoms with E-state index in [0.29, 0.717) is 13.2 Å². The van der Waals surface area contributed by atoms with Crippen LogP contribution in [0.15, 0.2) is 24.3 Å². The molecule has 2 aliphatic heterocycles. The fourth-order valence-electron chi connectivity index (χ4n) is 3.51. The van der Waals surface area contributed by atoms with E-state index in [0.717, 1.165) is 31.6 Å². The summed E-state index contributed by atoms with van der Waals surface area (Å²) in [6.45, 7) is 5.38. The van der Waals surface area contributed by atoms with Crippen molar-refractivity contribution in [2.45, 2.75) is 51.3 Å². The molecule has 25 heavy (non-hydrogen) atoms. The van der Waals surface area contributed by atoms with Crippen LogP contribution in [0.1, 0.15) is 43.2 Å². The van der Waals surface area contributed by atoms with Gasteiger partial charge in [0.15, 0.2) is 0 Å². The molecule has 138 valence electrons. The number of rotatable bonds is 8. The summed E-state index contributed by atoms with van der Waals surface area (Å²) in [5.41, 5.74) is 2.46. The maximum absolute atomic E-state index is 11.9. The van der Waals surface area contributed by atoms with E-state index in [2.05, 4.69) is 34.5 Å². The van der Waals surface area contributed by atoms with Gasteiger partial charge in [-0.1, -0.05) is 24.3 Å². The molecule has 0 spiro atoms. The molecule has 0 aliphatic carbocycles. The number of carbonyl (C=O) groups is 1. The minimum atomic E-state index is -0.0687. The molecule has 5 nitrogen and oxygen atoms in total. The van der Waals surface area contributed by atoms with Crippen molar-refractivity contribution in [1.29, 1.82) is 0 Å². The average Bonchev–Trinajstić information content (AvgIpc) is 3.14. The molecule has 1 amide bonds. The lowest BCUT2D eigenvalue weighted by molar-refractivity contribution is -0.128. The van der Waals surface area contributed by atoms with Crippen molar-refractivity contribution in [2.75, 3.05) is 32.9 Å². The maximum Gasteiger partial charge on any atom is 0.246 e. The average molecular weight is 346 g/mol. The number of nitrogens with zero attached hydrogens (tertiary/aromatic N) is 1. The molecule has 1 N–H and O–H groups in total. The van der Waals surface area contributed by atoms with Crippen molar-refractivity contribution in [3.8, 4) is 0 Å². The fourth-order valence-corrected chi connectivity index (χ4v) is 3.51. The van der Waals surface area contributed by atoms with Crippen LogP contribution in [-0.2, 0) is 27.4 Å². The SMILES string of the molecule is O=C(COCC1CCCCO1)NCc1cccc(CN2CCCC2)c1. The highest BCUT2D eigenvalue weighted by molar-refractivity contribution is 5.77. The van der Waals surface area contributed by atoms with Gasteiger partial charge in [0, 0.05) is 19.7 Å². The number of benzene rings is 1. The van der Waals surface area contributed by atoms with Gasteiger partial charge in [0.05, 0.1) is 12.7 Å². The van der Waals surface area contributed by atoms with E-state index >= 15 is 0 Å². The van der Waals surface area contributed by atoms with Gasteiger partial charge in [-0.15, -0.1) is 0 Å². The van der Waals surface area contributed by atoms with Crippen LogP contribution in [0.5, 0.6) is 0 Å². The Labute approximate surface area is 150 Å². The first-order valence-electron chi connectivity index (χ1n) is 9.56. The molecule has 2 heterocycles. The summed E-state index contributed by atoms with van der Waals surface area (Å²) >= 11 is 0. The predicted molar refractivity (Wildman–Crippen MR) is 97.2 cm³/mol. The van der Waals surface area contributed by atoms with E-state index in [1.165, 1.54) is 37.9 Å². The number of carbonyl (C=O) groups excluding carboxylic acids is 1. The molecule has 2 fully saturated rings. The molecule has 0 aromatic heterocycles. The smallest absolute Gasteiger partial charge is 0.246 e. The molecule has 0 radical (unpaired) electrons. The van der Waals surface area contributed by atoms with Crippen LogP contribution in [0, 0.1) is 0 Å². The third-order valence-electron chi connectivity index (χ3n) is 4.90. The zero-order valence-electron chi connectivity index (χ0n) is 15.0. The Morgan fingerprint density at radius 1 is 1.20 bits per heavy atom. The van der Waals surface area contributed by atoms with Gasteiger partial charge < -0.3 is 14.8 Å². The first-order valence-corrected chi connectivity index (χ1v) is 9.56. The topological polar surface area (TPSA) is 50.8 Å². The first kappa shape index (κ1) is 18.4. The van der Waals surface area contributed by atoms with E-state index < -0.39 is 0 Å². The van der Waals surface area contributed by atoms with Crippen molar-refractivity contribution in [1.82, 2.24) is 10.2 Å². The van der Waals surface area contributed by atoms with Crippen molar-refractivity contribution >= 4 is 5.91 Å². The predicted octanol–water partition coefficient (Wildman–Crippen LogP) is 2.48. The van der Waals surface area contributed by atoms with Crippen LogP contribution < -0.4 is 5.32 Å². The highest BCUT2D eigenvalue weighted by atomic mass is 16.5. The van der Waals surface area contributed by atoms with E-state index in [9.17, 15) is 4.79 Å². The van der Waals surface area contributed by atoms with Crippen LogP contribution in [0.3, 0.4) is 0 Å². The second-order valence-electron chi connectivity index (χ2n) is 7.08. The number of ether oxygens (including phenoxy) is 2. The van der Waals surface area contributed by atoms with E-state index in [-0.39, 0.29) is 18.6 Å². The van der Waals surface area contributed by atoms with Crippen molar-refractivity contribution < 1.29 is 14.3 Å².